The highest BCUT2D eigenvalue weighted by Gasteiger charge is 2.00. The molecular formula is C28H40. The molecule has 0 aromatic heterocycles. The number of hydrogen-bond donors (Lipinski definition) is 0. The first-order valence-corrected chi connectivity index (χ1v) is 10.9. The van der Waals surface area contributed by atoms with Crippen LogP contribution < -0.4 is 0 Å². The van der Waals surface area contributed by atoms with Gasteiger partial charge in [0.2, 0.25) is 0 Å². The molecule has 0 atom stereocenters. The van der Waals surface area contributed by atoms with Gasteiger partial charge in [-0.1, -0.05) is 125 Å². The highest BCUT2D eigenvalue weighted by molar-refractivity contribution is 5.34. The van der Waals surface area contributed by atoms with Gasteiger partial charge in [-0.25, -0.2) is 0 Å². The minimum atomic E-state index is 1.00. The average molecular weight is 377 g/mol. The third-order valence-electron chi connectivity index (χ3n) is 4.05. The highest BCUT2D eigenvalue weighted by Crippen LogP contribution is 2.15. The van der Waals surface area contributed by atoms with E-state index in [2.05, 4.69) is 86.6 Å². The summed E-state index contributed by atoms with van der Waals surface area (Å²) >= 11 is 0. The molecule has 3 rings (SSSR count). The van der Waals surface area contributed by atoms with Crippen LogP contribution in [-0.2, 0) is 12.8 Å². The summed E-state index contributed by atoms with van der Waals surface area (Å²) in [5.41, 5.74) is 8.15. The third kappa shape index (κ3) is 9.55. The van der Waals surface area contributed by atoms with Crippen LogP contribution in [0.3, 0.4) is 0 Å². The van der Waals surface area contributed by atoms with Gasteiger partial charge < -0.3 is 0 Å². The first-order chi connectivity index (χ1) is 13.7. The van der Waals surface area contributed by atoms with Crippen molar-refractivity contribution in [2.75, 3.05) is 0 Å². The molecule has 0 aliphatic carbocycles. The zero-order chi connectivity index (χ0) is 21.4. The van der Waals surface area contributed by atoms with Crippen molar-refractivity contribution in [2.24, 2.45) is 0 Å². The summed E-state index contributed by atoms with van der Waals surface area (Å²) in [6.45, 7) is 16.3. The van der Waals surface area contributed by atoms with E-state index in [1.807, 2.05) is 41.5 Å². The summed E-state index contributed by atoms with van der Waals surface area (Å²) in [5, 5.41) is 0. The predicted molar refractivity (Wildman–Crippen MR) is 128 cm³/mol. The zero-order valence-corrected chi connectivity index (χ0v) is 19.3. The molecule has 0 amide bonds. The van der Waals surface area contributed by atoms with Crippen LogP contribution >= 0.6 is 0 Å². The lowest BCUT2D eigenvalue weighted by atomic mass is 9.98. The Balaban J connectivity index is 0.00000111. The third-order valence-corrected chi connectivity index (χ3v) is 4.05. The van der Waals surface area contributed by atoms with Crippen LogP contribution in [0.1, 0.15) is 74.9 Å². The topological polar surface area (TPSA) is 0 Å². The van der Waals surface area contributed by atoms with Crippen LogP contribution in [0.15, 0.2) is 72.8 Å². The van der Waals surface area contributed by atoms with E-state index >= 15 is 0 Å². The van der Waals surface area contributed by atoms with Crippen molar-refractivity contribution in [3.63, 3.8) is 0 Å². The quantitative estimate of drug-likeness (QED) is 0.428. The molecule has 0 saturated heterocycles. The summed E-state index contributed by atoms with van der Waals surface area (Å²) in [7, 11) is 0. The molecule has 0 heteroatoms. The van der Waals surface area contributed by atoms with Gasteiger partial charge in [-0.3, -0.25) is 0 Å². The molecule has 152 valence electrons. The van der Waals surface area contributed by atoms with E-state index < -0.39 is 0 Å². The Morgan fingerprint density at radius 2 is 0.750 bits per heavy atom. The summed E-state index contributed by atoms with van der Waals surface area (Å²) < 4.78 is 0. The maximum absolute atomic E-state index is 2.33. The Labute approximate surface area is 174 Å². The SMILES string of the molecule is CC.CC.CC.Cc1ccc(Cc2cccc(Cc3ccc(C)cc3)c2)cc1. The van der Waals surface area contributed by atoms with E-state index in [-0.39, 0.29) is 0 Å². The fourth-order valence-corrected chi connectivity index (χ4v) is 2.73. The molecule has 0 nitrogen and oxygen atoms in total. The van der Waals surface area contributed by atoms with E-state index in [0.717, 1.165) is 12.8 Å². The second-order valence-corrected chi connectivity index (χ2v) is 6.14. The first kappa shape index (κ1) is 25.7. The molecule has 0 spiro atoms. The van der Waals surface area contributed by atoms with E-state index in [1.54, 1.807) is 0 Å². The lowest BCUT2D eigenvalue weighted by molar-refractivity contribution is 1.13. The lowest BCUT2D eigenvalue weighted by Gasteiger charge is -2.07. The van der Waals surface area contributed by atoms with Crippen LogP contribution in [-0.4, -0.2) is 0 Å². The molecule has 0 radical (unpaired) electrons. The summed E-state index contributed by atoms with van der Waals surface area (Å²) in [6, 6.07) is 26.6. The first-order valence-electron chi connectivity index (χ1n) is 10.9. The minimum Gasteiger partial charge on any atom is -0.0683 e. The van der Waals surface area contributed by atoms with Crippen molar-refractivity contribution >= 4 is 0 Å². The number of benzene rings is 3. The molecule has 0 bridgehead atoms. The molecular weight excluding hydrogens is 336 g/mol. The molecule has 0 aliphatic rings. The van der Waals surface area contributed by atoms with E-state index in [9.17, 15) is 0 Å². The fraction of sp³-hybridized carbons (Fsp3) is 0.357. The van der Waals surface area contributed by atoms with E-state index in [1.165, 1.54) is 33.4 Å². The molecule has 0 fully saturated rings. The van der Waals surface area contributed by atoms with Gasteiger partial charge >= 0.3 is 0 Å². The average Bonchev–Trinajstić information content (AvgIpc) is 2.76. The van der Waals surface area contributed by atoms with Gasteiger partial charge in [-0.15, -0.1) is 0 Å². The predicted octanol–water partition coefficient (Wildman–Crippen LogP) is 8.56. The van der Waals surface area contributed by atoms with Crippen LogP contribution in [0.4, 0.5) is 0 Å². The second kappa shape index (κ2) is 15.7. The molecule has 0 unspecified atom stereocenters. The second-order valence-electron chi connectivity index (χ2n) is 6.14. The van der Waals surface area contributed by atoms with Crippen LogP contribution in [0, 0.1) is 13.8 Å². The van der Waals surface area contributed by atoms with E-state index in [0.29, 0.717) is 0 Å². The number of aryl methyl sites for hydroxylation is 2. The number of rotatable bonds is 4. The van der Waals surface area contributed by atoms with Gasteiger partial charge in [0.05, 0.1) is 0 Å². The Morgan fingerprint density at radius 3 is 1.07 bits per heavy atom. The van der Waals surface area contributed by atoms with Gasteiger partial charge in [0, 0.05) is 0 Å². The molecule has 3 aromatic carbocycles. The van der Waals surface area contributed by atoms with Gasteiger partial charge in [-0.05, 0) is 48.9 Å². The van der Waals surface area contributed by atoms with Crippen LogP contribution in [0.2, 0.25) is 0 Å². The molecule has 0 aliphatic heterocycles. The van der Waals surface area contributed by atoms with Crippen molar-refractivity contribution in [3.05, 3.63) is 106 Å². The standard InChI is InChI=1S/C22H22.3C2H6/c1-17-6-10-19(11-7-17)14-21-4-3-5-22(16-21)15-20-12-8-18(2)9-13-20;3*1-2/h3-13,16H,14-15H2,1-2H3;3*1-2H3. The van der Waals surface area contributed by atoms with Crippen molar-refractivity contribution in [3.8, 4) is 0 Å². The maximum atomic E-state index is 2.33. The Morgan fingerprint density at radius 1 is 0.429 bits per heavy atom. The fourth-order valence-electron chi connectivity index (χ4n) is 2.73. The molecule has 0 saturated carbocycles. The highest BCUT2D eigenvalue weighted by atomic mass is 14.1. The maximum Gasteiger partial charge on any atom is -0.00257 e. The Bertz CT molecular complexity index is 671. The van der Waals surface area contributed by atoms with Crippen LogP contribution in [0.25, 0.3) is 0 Å². The van der Waals surface area contributed by atoms with Gasteiger partial charge in [-0.2, -0.15) is 0 Å². The molecule has 0 N–H and O–H groups in total. The van der Waals surface area contributed by atoms with Gasteiger partial charge in [0.25, 0.3) is 0 Å². The van der Waals surface area contributed by atoms with Crippen LogP contribution in [0.5, 0.6) is 0 Å². The zero-order valence-electron chi connectivity index (χ0n) is 19.3. The molecule has 28 heavy (non-hydrogen) atoms. The lowest BCUT2D eigenvalue weighted by Crippen LogP contribution is -1.92. The summed E-state index contributed by atoms with van der Waals surface area (Å²) in [6.07, 6.45) is 2.00. The largest absolute Gasteiger partial charge is 0.0683 e. The number of hydrogen-bond acceptors (Lipinski definition) is 0. The van der Waals surface area contributed by atoms with E-state index in [4.69, 9.17) is 0 Å². The summed E-state index contributed by atoms with van der Waals surface area (Å²) in [5.74, 6) is 0. The smallest absolute Gasteiger partial charge is 0.00257 e. The van der Waals surface area contributed by atoms with Crippen molar-refractivity contribution < 1.29 is 0 Å². The normalized spacial score (nSPS) is 9.00. The summed E-state index contributed by atoms with van der Waals surface area (Å²) in [4.78, 5) is 0. The van der Waals surface area contributed by atoms with Gasteiger partial charge in [0.1, 0.15) is 0 Å². The monoisotopic (exact) mass is 376 g/mol. The molecule has 3 aromatic rings. The van der Waals surface area contributed by atoms with Crippen molar-refractivity contribution in [1.29, 1.82) is 0 Å². The Kier molecular flexibility index (Phi) is 14.4. The van der Waals surface area contributed by atoms with Crippen molar-refractivity contribution in [2.45, 2.75) is 68.2 Å². The van der Waals surface area contributed by atoms with Crippen molar-refractivity contribution in [1.82, 2.24) is 0 Å². The van der Waals surface area contributed by atoms with Gasteiger partial charge in [0.15, 0.2) is 0 Å². The Hall–Kier alpha value is -2.34. The minimum absolute atomic E-state index is 1.00. The molecule has 0 heterocycles.